The van der Waals surface area contributed by atoms with E-state index in [1.165, 1.54) is 38.8 Å². The Morgan fingerprint density at radius 2 is 1.83 bits per heavy atom. The van der Waals surface area contributed by atoms with Crippen LogP contribution in [-0.2, 0) is 13.1 Å². The van der Waals surface area contributed by atoms with Crippen molar-refractivity contribution < 1.29 is 0 Å². The summed E-state index contributed by atoms with van der Waals surface area (Å²) in [4.78, 5) is 2.52. The molecule has 2 N–H and O–H groups in total. The Morgan fingerprint density at radius 3 is 2.33 bits per heavy atom. The van der Waals surface area contributed by atoms with Gasteiger partial charge in [-0.2, -0.15) is 0 Å². The Kier molecular flexibility index (Phi) is 7.60. The number of aromatic nitrogens is 3. The largest absolute Gasteiger partial charge is 0.325 e. The molecule has 0 radical (unpaired) electrons. The molecular weight excluding hydrogens is 226 g/mol. The minimum Gasteiger partial charge on any atom is -0.325 e. The van der Waals surface area contributed by atoms with Gasteiger partial charge in [-0.1, -0.05) is 31.9 Å². The number of nitrogens with zero attached hydrogens (tertiary/aromatic N) is 4. The smallest absolute Gasteiger partial charge is 0.0962 e. The molecule has 0 spiro atoms. The number of nitrogens with two attached hydrogens (primary N) is 1. The van der Waals surface area contributed by atoms with Gasteiger partial charge in [0.2, 0.25) is 0 Å². The SMILES string of the molecule is CCCCN(CCCC)CCn1cc(CN)nn1. The molecule has 1 aromatic rings. The van der Waals surface area contributed by atoms with Crippen molar-refractivity contribution in [3.63, 3.8) is 0 Å². The molecule has 5 heteroatoms. The van der Waals surface area contributed by atoms with Crippen molar-refractivity contribution in [2.45, 2.75) is 52.6 Å². The summed E-state index contributed by atoms with van der Waals surface area (Å²) in [6.45, 7) is 9.28. The number of hydrogen-bond donors (Lipinski definition) is 1. The first-order valence-corrected chi connectivity index (χ1v) is 7.11. The second kappa shape index (κ2) is 9.05. The lowest BCUT2D eigenvalue weighted by Crippen LogP contribution is -2.29. The van der Waals surface area contributed by atoms with Crippen LogP contribution >= 0.6 is 0 Å². The van der Waals surface area contributed by atoms with Crippen LogP contribution < -0.4 is 5.73 Å². The molecule has 18 heavy (non-hydrogen) atoms. The Hall–Kier alpha value is -0.940. The lowest BCUT2D eigenvalue weighted by atomic mass is 10.2. The van der Waals surface area contributed by atoms with Crippen LogP contribution in [0.5, 0.6) is 0 Å². The van der Waals surface area contributed by atoms with E-state index in [4.69, 9.17) is 5.73 Å². The third-order valence-corrected chi connectivity index (χ3v) is 3.10. The Balaban J connectivity index is 2.34. The van der Waals surface area contributed by atoms with Crippen molar-refractivity contribution in [3.8, 4) is 0 Å². The minimum atomic E-state index is 0.468. The van der Waals surface area contributed by atoms with Crippen molar-refractivity contribution >= 4 is 0 Å². The molecule has 0 saturated heterocycles. The molecular formula is C13H27N5. The van der Waals surface area contributed by atoms with E-state index in [1.807, 2.05) is 10.9 Å². The Bertz CT molecular complexity index is 302. The number of hydrogen-bond acceptors (Lipinski definition) is 4. The van der Waals surface area contributed by atoms with Crippen LogP contribution in [0, 0.1) is 0 Å². The minimum absolute atomic E-state index is 0.468. The van der Waals surface area contributed by atoms with Crippen molar-refractivity contribution in [3.05, 3.63) is 11.9 Å². The Morgan fingerprint density at radius 1 is 1.17 bits per heavy atom. The predicted molar refractivity (Wildman–Crippen MR) is 74.2 cm³/mol. The van der Waals surface area contributed by atoms with Gasteiger partial charge in [-0.3, -0.25) is 4.68 Å². The summed E-state index contributed by atoms with van der Waals surface area (Å²) in [5.74, 6) is 0. The number of rotatable bonds is 10. The maximum absolute atomic E-state index is 5.52. The van der Waals surface area contributed by atoms with Crippen LogP contribution in [0.1, 0.15) is 45.2 Å². The van der Waals surface area contributed by atoms with Crippen molar-refractivity contribution in [1.82, 2.24) is 19.9 Å². The maximum atomic E-state index is 5.52. The van der Waals surface area contributed by atoms with Gasteiger partial charge < -0.3 is 10.6 Å². The molecule has 5 nitrogen and oxygen atoms in total. The zero-order valence-corrected chi connectivity index (χ0v) is 11.8. The highest BCUT2D eigenvalue weighted by Crippen LogP contribution is 2.00. The quantitative estimate of drug-likeness (QED) is 0.688. The average molecular weight is 253 g/mol. The van der Waals surface area contributed by atoms with E-state index in [-0.39, 0.29) is 0 Å². The van der Waals surface area contributed by atoms with Gasteiger partial charge in [0.1, 0.15) is 0 Å². The van der Waals surface area contributed by atoms with Gasteiger partial charge in [0.25, 0.3) is 0 Å². The van der Waals surface area contributed by atoms with Crippen molar-refractivity contribution in [2.75, 3.05) is 19.6 Å². The maximum Gasteiger partial charge on any atom is 0.0962 e. The van der Waals surface area contributed by atoms with Crippen LogP contribution in [0.2, 0.25) is 0 Å². The van der Waals surface area contributed by atoms with Crippen LogP contribution in [-0.4, -0.2) is 39.5 Å². The zero-order valence-electron chi connectivity index (χ0n) is 11.8. The molecule has 0 saturated carbocycles. The molecule has 0 aliphatic heterocycles. The third kappa shape index (κ3) is 5.60. The molecule has 1 aromatic heterocycles. The lowest BCUT2D eigenvalue weighted by Gasteiger charge is -2.21. The molecule has 0 amide bonds. The standard InChI is InChI=1S/C13H27N5/c1-3-5-7-17(8-6-4-2)9-10-18-12-13(11-14)15-16-18/h12H,3-11,14H2,1-2H3. The van der Waals surface area contributed by atoms with E-state index in [2.05, 4.69) is 29.1 Å². The van der Waals surface area contributed by atoms with Gasteiger partial charge in [0.05, 0.1) is 12.2 Å². The summed E-state index contributed by atoms with van der Waals surface area (Å²) < 4.78 is 1.90. The lowest BCUT2D eigenvalue weighted by molar-refractivity contribution is 0.250. The molecule has 0 atom stereocenters. The van der Waals surface area contributed by atoms with Crippen LogP contribution in [0.15, 0.2) is 6.20 Å². The molecule has 0 aliphatic rings. The first-order valence-electron chi connectivity index (χ1n) is 7.11. The van der Waals surface area contributed by atoms with E-state index in [0.29, 0.717) is 6.54 Å². The van der Waals surface area contributed by atoms with Crippen molar-refractivity contribution in [2.24, 2.45) is 5.73 Å². The zero-order chi connectivity index (χ0) is 13.2. The summed E-state index contributed by atoms with van der Waals surface area (Å²) in [6, 6.07) is 0. The summed E-state index contributed by atoms with van der Waals surface area (Å²) in [6.07, 6.45) is 6.99. The fourth-order valence-corrected chi connectivity index (χ4v) is 1.88. The molecule has 1 heterocycles. The molecule has 104 valence electrons. The third-order valence-electron chi connectivity index (χ3n) is 3.10. The van der Waals surface area contributed by atoms with E-state index in [0.717, 1.165) is 18.8 Å². The highest BCUT2D eigenvalue weighted by molar-refractivity contribution is 4.90. The van der Waals surface area contributed by atoms with Crippen LogP contribution in [0.25, 0.3) is 0 Å². The fraction of sp³-hybridized carbons (Fsp3) is 0.846. The summed E-state index contributed by atoms with van der Waals surface area (Å²) in [5, 5.41) is 8.09. The fourth-order valence-electron chi connectivity index (χ4n) is 1.88. The van der Waals surface area contributed by atoms with Gasteiger partial charge in [-0.25, -0.2) is 0 Å². The average Bonchev–Trinajstić information content (AvgIpc) is 2.86. The van der Waals surface area contributed by atoms with E-state index in [1.54, 1.807) is 0 Å². The van der Waals surface area contributed by atoms with Gasteiger partial charge in [-0.15, -0.1) is 5.10 Å². The molecule has 0 unspecified atom stereocenters. The molecule has 0 aliphatic carbocycles. The molecule has 0 fully saturated rings. The first kappa shape index (κ1) is 15.1. The Labute approximate surface area is 110 Å². The topological polar surface area (TPSA) is 60.0 Å². The molecule has 0 bridgehead atoms. The first-order chi connectivity index (χ1) is 8.80. The van der Waals surface area contributed by atoms with Crippen molar-refractivity contribution in [1.29, 1.82) is 0 Å². The highest BCUT2D eigenvalue weighted by atomic mass is 15.4. The van der Waals surface area contributed by atoms with Crippen LogP contribution in [0.4, 0.5) is 0 Å². The monoisotopic (exact) mass is 253 g/mol. The second-order valence-electron chi connectivity index (χ2n) is 4.73. The van der Waals surface area contributed by atoms with Crippen LogP contribution in [0.3, 0.4) is 0 Å². The predicted octanol–water partition coefficient (Wildman–Crippen LogP) is 1.64. The summed E-state index contributed by atoms with van der Waals surface area (Å²) in [5.41, 5.74) is 6.39. The normalized spacial score (nSPS) is 11.3. The summed E-state index contributed by atoms with van der Waals surface area (Å²) >= 11 is 0. The van der Waals surface area contributed by atoms with E-state index in [9.17, 15) is 0 Å². The van der Waals surface area contributed by atoms with Gasteiger partial charge in [0, 0.05) is 19.3 Å². The molecule has 1 rings (SSSR count). The van der Waals surface area contributed by atoms with E-state index >= 15 is 0 Å². The molecule has 0 aromatic carbocycles. The van der Waals surface area contributed by atoms with Gasteiger partial charge in [0.15, 0.2) is 0 Å². The number of unbranched alkanes of at least 4 members (excludes halogenated alkanes) is 2. The van der Waals surface area contributed by atoms with Gasteiger partial charge in [-0.05, 0) is 25.9 Å². The highest BCUT2D eigenvalue weighted by Gasteiger charge is 2.05. The van der Waals surface area contributed by atoms with E-state index < -0.39 is 0 Å². The summed E-state index contributed by atoms with van der Waals surface area (Å²) in [7, 11) is 0. The second-order valence-corrected chi connectivity index (χ2v) is 4.73. The van der Waals surface area contributed by atoms with Gasteiger partial charge >= 0.3 is 0 Å².